The molecule has 2 aromatic carbocycles. The van der Waals surface area contributed by atoms with E-state index >= 15 is 0 Å². The number of para-hydroxylation sites is 1. The molecule has 3 rings (SSSR count). The Morgan fingerprint density at radius 2 is 1.89 bits per heavy atom. The topological polar surface area (TPSA) is 86.5 Å². The first-order valence-electron chi connectivity index (χ1n) is 8.65. The van der Waals surface area contributed by atoms with E-state index in [4.69, 9.17) is 13.9 Å². The van der Waals surface area contributed by atoms with Crippen LogP contribution in [-0.4, -0.2) is 36.1 Å². The average molecular weight is 399 g/mol. The fourth-order valence-corrected chi connectivity index (χ4v) is 3.21. The maximum atomic E-state index is 12.1. The van der Waals surface area contributed by atoms with Crippen LogP contribution < -0.4 is 14.8 Å². The zero-order chi connectivity index (χ0) is 19.9. The SMILES string of the molecule is COc1ccc(-c2nnc(SCCC(=O)Nc3ccccc3C)o2)cc1OC. The number of methoxy groups -OCH3 is 2. The van der Waals surface area contributed by atoms with Gasteiger partial charge in [-0.15, -0.1) is 10.2 Å². The Labute approximate surface area is 167 Å². The van der Waals surface area contributed by atoms with E-state index in [9.17, 15) is 4.79 Å². The fourth-order valence-electron chi connectivity index (χ4n) is 2.51. The van der Waals surface area contributed by atoms with Gasteiger partial charge in [-0.2, -0.15) is 0 Å². The van der Waals surface area contributed by atoms with Gasteiger partial charge < -0.3 is 19.2 Å². The summed E-state index contributed by atoms with van der Waals surface area (Å²) >= 11 is 1.34. The van der Waals surface area contributed by atoms with Crippen LogP contribution >= 0.6 is 11.8 Å². The van der Waals surface area contributed by atoms with Crippen molar-refractivity contribution in [1.29, 1.82) is 0 Å². The lowest BCUT2D eigenvalue weighted by molar-refractivity contribution is -0.115. The number of aryl methyl sites for hydroxylation is 1. The summed E-state index contributed by atoms with van der Waals surface area (Å²) in [5, 5.41) is 11.4. The van der Waals surface area contributed by atoms with Crippen LogP contribution in [0.1, 0.15) is 12.0 Å². The molecule has 1 N–H and O–H groups in total. The number of nitrogens with zero attached hydrogens (tertiary/aromatic N) is 2. The molecule has 0 spiro atoms. The molecule has 1 heterocycles. The Bertz CT molecular complexity index is 958. The van der Waals surface area contributed by atoms with Gasteiger partial charge in [-0.05, 0) is 36.8 Å². The standard InChI is InChI=1S/C20H21N3O4S/c1-13-6-4-5-7-15(13)21-18(24)10-11-28-20-23-22-19(27-20)14-8-9-16(25-2)17(12-14)26-3/h4-9,12H,10-11H2,1-3H3,(H,21,24). The normalized spacial score (nSPS) is 10.5. The summed E-state index contributed by atoms with van der Waals surface area (Å²) in [5.74, 6) is 2.07. The minimum atomic E-state index is -0.0542. The molecule has 0 saturated carbocycles. The van der Waals surface area contributed by atoms with Crippen LogP contribution in [-0.2, 0) is 4.79 Å². The van der Waals surface area contributed by atoms with Crippen LogP contribution in [0.15, 0.2) is 52.1 Å². The lowest BCUT2D eigenvalue weighted by Gasteiger charge is -2.07. The predicted octanol–water partition coefficient (Wildman–Crippen LogP) is 4.18. The minimum absolute atomic E-state index is 0.0542. The highest BCUT2D eigenvalue weighted by atomic mass is 32.2. The number of hydrogen-bond donors (Lipinski definition) is 1. The Kier molecular flexibility index (Phi) is 6.54. The first-order chi connectivity index (χ1) is 13.6. The first-order valence-corrected chi connectivity index (χ1v) is 9.63. The predicted molar refractivity (Wildman–Crippen MR) is 108 cm³/mol. The number of ether oxygens (including phenoxy) is 2. The third kappa shape index (κ3) is 4.83. The van der Waals surface area contributed by atoms with Gasteiger partial charge in [-0.25, -0.2) is 0 Å². The van der Waals surface area contributed by atoms with Gasteiger partial charge >= 0.3 is 0 Å². The number of anilines is 1. The van der Waals surface area contributed by atoms with E-state index in [0.717, 1.165) is 16.8 Å². The number of benzene rings is 2. The van der Waals surface area contributed by atoms with Gasteiger partial charge in [0.2, 0.25) is 11.8 Å². The second kappa shape index (κ2) is 9.27. The molecule has 28 heavy (non-hydrogen) atoms. The van der Waals surface area contributed by atoms with E-state index in [1.165, 1.54) is 11.8 Å². The van der Waals surface area contributed by atoms with Crippen LogP contribution in [0.5, 0.6) is 11.5 Å². The van der Waals surface area contributed by atoms with Crippen LogP contribution in [0.25, 0.3) is 11.5 Å². The smallest absolute Gasteiger partial charge is 0.276 e. The summed E-state index contributed by atoms with van der Waals surface area (Å²) < 4.78 is 16.2. The molecule has 1 amide bonds. The number of nitrogens with one attached hydrogen (secondary N) is 1. The third-order valence-electron chi connectivity index (χ3n) is 4.01. The van der Waals surface area contributed by atoms with E-state index in [1.807, 2.05) is 37.3 Å². The van der Waals surface area contributed by atoms with Gasteiger partial charge in [0.15, 0.2) is 11.5 Å². The Morgan fingerprint density at radius 1 is 1.11 bits per heavy atom. The molecule has 0 radical (unpaired) electrons. The molecule has 1 aromatic heterocycles. The van der Waals surface area contributed by atoms with Crippen molar-refractivity contribution in [1.82, 2.24) is 10.2 Å². The van der Waals surface area contributed by atoms with Crippen molar-refractivity contribution in [3.05, 3.63) is 48.0 Å². The van der Waals surface area contributed by atoms with Crippen molar-refractivity contribution in [2.45, 2.75) is 18.6 Å². The van der Waals surface area contributed by atoms with Gasteiger partial charge in [0.05, 0.1) is 14.2 Å². The van der Waals surface area contributed by atoms with E-state index in [-0.39, 0.29) is 5.91 Å². The zero-order valence-corrected chi connectivity index (χ0v) is 16.7. The van der Waals surface area contributed by atoms with Gasteiger partial charge in [-0.3, -0.25) is 4.79 Å². The molecule has 0 saturated heterocycles. The van der Waals surface area contributed by atoms with Crippen molar-refractivity contribution < 1.29 is 18.7 Å². The number of amides is 1. The largest absolute Gasteiger partial charge is 0.493 e. The summed E-state index contributed by atoms with van der Waals surface area (Å²) in [6.07, 6.45) is 0.340. The van der Waals surface area contributed by atoms with Crippen molar-refractivity contribution >= 4 is 23.4 Å². The number of aromatic nitrogens is 2. The highest BCUT2D eigenvalue weighted by Gasteiger charge is 2.13. The second-order valence-corrected chi connectivity index (χ2v) is 6.95. The summed E-state index contributed by atoms with van der Waals surface area (Å²) in [7, 11) is 3.15. The van der Waals surface area contributed by atoms with E-state index in [1.54, 1.807) is 26.4 Å². The number of carbonyl (C=O) groups is 1. The highest BCUT2D eigenvalue weighted by Crippen LogP contribution is 2.32. The molecule has 0 aliphatic heterocycles. The maximum absolute atomic E-state index is 12.1. The van der Waals surface area contributed by atoms with Crippen LogP contribution in [0, 0.1) is 6.92 Å². The monoisotopic (exact) mass is 399 g/mol. The summed E-state index contributed by atoms with van der Waals surface area (Å²) in [6, 6.07) is 13.0. The molecule has 0 aliphatic rings. The molecule has 0 fully saturated rings. The molecule has 7 nitrogen and oxygen atoms in total. The summed E-state index contributed by atoms with van der Waals surface area (Å²) in [4.78, 5) is 12.1. The average Bonchev–Trinajstić information content (AvgIpc) is 3.18. The Morgan fingerprint density at radius 3 is 2.64 bits per heavy atom. The lowest BCUT2D eigenvalue weighted by Crippen LogP contribution is -2.12. The summed E-state index contributed by atoms with van der Waals surface area (Å²) in [6.45, 7) is 1.96. The van der Waals surface area contributed by atoms with Gasteiger partial charge in [0, 0.05) is 23.4 Å². The third-order valence-corrected chi connectivity index (χ3v) is 4.83. The molecule has 146 valence electrons. The number of thioether (sulfide) groups is 1. The molecule has 0 unspecified atom stereocenters. The van der Waals surface area contributed by atoms with E-state index in [2.05, 4.69) is 15.5 Å². The Hall–Kier alpha value is -3.00. The van der Waals surface area contributed by atoms with Crippen molar-refractivity contribution in [3.8, 4) is 23.0 Å². The van der Waals surface area contributed by atoms with Crippen molar-refractivity contribution in [2.75, 3.05) is 25.3 Å². The zero-order valence-electron chi connectivity index (χ0n) is 15.9. The second-order valence-electron chi connectivity index (χ2n) is 5.90. The Balaban J connectivity index is 1.55. The van der Waals surface area contributed by atoms with Crippen molar-refractivity contribution in [3.63, 3.8) is 0 Å². The molecule has 0 atom stereocenters. The summed E-state index contributed by atoms with van der Waals surface area (Å²) in [5.41, 5.74) is 2.58. The molecule has 0 aliphatic carbocycles. The highest BCUT2D eigenvalue weighted by molar-refractivity contribution is 7.99. The van der Waals surface area contributed by atoms with E-state index in [0.29, 0.717) is 34.8 Å². The maximum Gasteiger partial charge on any atom is 0.276 e. The lowest BCUT2D eigenvalue weighted by atomic mass is 10.2. The van der Waals surface area contributed by atoms with Crippen LogP contribution in [0.4, 0.5) is 5.69 Å². The van der Waals surface area contributed by atoms with Gasteiger partial charge in [0.1, 0.15) is 0 Å². The van der Waals surface area contributed by atoms with Crippen LogP contribution in [0.2, 0.25) is 0 Å². The minimum Gasteiger partial charge on any atom is -0.493 e. The molecule has 3 aromatic rings. The molecule has 0 bridgehead atoms. The molecular formula is C20H21N3O4S. The first kappa shape index (κ1) is 19.8. The van der Waals surface area contributed by atoms with Crippen molar-refractivity contribution in [2.24, 2.45) is 0 Å². The number of hydrogen-bond acceptors (Lipinski definition) is 7. The van der Waals surface area contributed by atoms with Gasteiger partial charge in [-0.1, -0.05) is 30.0 Å². The molecule has 8 heteroatoms. The number of carbonyl (C=O) groups excluding carboxylic acids is 1. The van der Waals surface area contributed by atoms with Crippen LogP contribution in [0.3, 0.4) is 0 Å². The number of rotatable bonds is 8. The molecular weight excluding hydrogens is 378 g/mol. The van der Waals surface area contributed by atoms with E-state index < -0.39 is 0 Å². The fraction of sp³-hybridized carbons (Fsp3) is 0.250. The quantitative estimate of drug-likeness (QED) is 0.569. The van der Waals surface area contributed by atoms with Gasteiger partial charge in [0.25, 0.3) is 5.22 Å².